The zero-order valence-electron chi connectivity index (χ0n) is 25.0. The van der Waals surface area contributed by atoms with E-state index in [0.29, 0.717) is 51.3 Å². The van der Waals surface area contributed by atoms with Crippen molar-refractivity contribution in [3.05, 3.63) is 64.7 Å². The molecule has 2 atom stereocenters. The number of allylic oxidation sites excluding steroid dienone is 1. The van der Waals surface area contributed by atoms with Crippen molar-refractivity contribution in [3.8, 4) is 12.1 Å². The molecule has 10 heteroatoms. The van der Waals surface area contributed by atoms with Crippen LogP contribution in [0.2, 0.25) is 5.02 Å². The summed E-state index contributed by atoms with van der Waals surface area (Å²) in [4.78, 5) is 19.0. The van der Waals surface area contributed by atoms with Crippen molar-refractivity contribution in [2.75, 3.05) is 56.2 Å². The van der Waals surface area contributed by atoms with Gasteiger partial charge in [0.1, 0.15) is 18.3 Å². The summed E-state index contributed by atoms with van der Waals surface area (Å²) in [6, 6.07) is 15.3. The Bertz CT molecular complexity index is 1530. The number of ether oxygens (including phenoxy) is 1. The molecule has 226 valence electrons. The first kappa shape index (κ1) is 29.5. The van der Waals surface area contributed by atoms with Crippen LogP contribution >= 0.6 is 11.6 Å². The Morgan fingerprint density at radius 1 is 1.09 bits per heavy atom. The maximum atomic E-state index is 13.9. The predicted molar refractivity (Wildman–Crippen MR) is 169 cm³/mol. The number of likely N-dealkylation sites (tertiary alicyclic amines) is 1. The molecule has 43 heavy (non-hydrogen) atoms. The predicted octanol–water partition coefficient (Wildman–Crippen LogP) is 5.94. The van der Waals surface area contributed by atoms with E-state index in [1.807, 2.05) is 17.0 Å². The Labute approximate surface area is 258 Å². The van der Waals surface area contributed by atoms with Crippen molar-refractivity contribution in [1.29, 1.82) is 5.26 Å². The number of hydrogen-bond donors (Lipinski definition) is 0. The number of likely N-dealkylation sites (N-methyl/N-ethyl adjacent to an activating group) is 1. The van der Waals surface area contributed by atoms with Crippen molar-refractivity contribution in [3.63, 3.8) is 0 Å². The molecule has 1 aromatic heterocycles. The molecule has 0 aliphatic carbocycles. The van der Waals surface area contributed by atoms with Crippen LogP contribution in [-0.2, 0) is 13.0 Å². The Kier molecular flexibility index (Phi) is 8.87. The SMILES string of the molecule is CC(F)=CN1CCN(c2nc(OC[C@@H]3CCCN3C)nc3c2CCCN(c2cccc4cccc(Cl)c24)C3)C[C@@H]1CC#N. The van der Waals surface area contributed by atoms with Gasteiger partial charge >= 0.3 is 6.01 Å². The highest BCUT2D eigenvalue weighted by Gasteiger charge is 2.31. The second kappa shape index (κ2) is 12.9. The number of fused-ring (bicyclic) bond motifs is 2. The average Bonchev–Trinajstić information content (AvgIpc) is 3.28. The number of benzene rings is 2. The van der Waals surface area contributed by atoms with E-state index in [4.69, 9.17) is 26.3 Å². The summed E-state index contributed by atoms with van der Waals surface area (Å²) in [5, 5.41) is 12.5. The van der Waals surface area contributed by atoms with Crippen LogP contribution in [0, 0.1) is 11.3 Å². The molecule has 0 saturated carbocycles. The molecule has 3 aliphatic rings. The summed E-state index contributed by atoms with van der Waals surface area (Å²) >= 11 is 6.73. The third-order valence-corrected chi connectivity index (χ3v) is 9.31. The molecule has 0 bridgehead atoms. The average molecular weight is 604 g/mol. The van der Waals surface area contributed by atoms with Crippen molar-refractivity contribution < 1.29 is 9.13 Å². The van der Waals surface area contributed by atoms with E-state index < -0.39 is 0 Å². The third-order valence-electron chi connectivity index (χ3n) is 8.99. The van der Waals surface area contributed by atoms with Gasteiger partial charge in [0.15, 0.2) is 0 Å². The van der Waals surface area contributed by atoms with Crippen molar-refractivity contribution in [2.24, 2.45) is 0 Å². The van der Waals surface area contributed by atoms with E-state index in [-0.39, 0.29) is 11.9 Å². The molecule has 2 saturated heterocycles. The van der Waals surface area contributed by atoms with Gasteiger partial charge in [0.2, 0.25) is 0 Å². The van der Waals surface area contributed by atoms with Crippen molar-refractivity contribution in [2.45, 2.75) is 57.7 Å². The molecule has 8 nitrogen and oxygen atoms in total. The minimum Gasteiger partial charge on any atom is -0.462 e. The van der Waals surface area contributed by atoms with Crippen LogP contribution in [0.3, 0.4) is 0 Å². The van der Waals surface area contributed by atoms with E-state index >= 15 is 0 Å². The van der Waals surface area contributed by atoms with Gasteiger partial charge in [-0.3, -0.25) is 0 Å². The number of halogens is 2. The molecule has 2 fully saturated rings. The number of rotatable bonds is 7. The molecule has 4 heterocycles. The van der Waals surface area contributed by atoms with Crippen LogP contribution in [0.5, 0.6) is 6.01 Å². The van der Waals surface area contributed by atoms with Crippen LogP contribution < -0.4 is 14.5 Å². The summed E-state index contributed by atoms with van der Waals surface area (Å²) in [7, 11) is 2.14. The zero-order chi connectivity index (χ0) is 29.9. The number of nitriles is 1. The van der Waals surface area contributed by atoms with Gasteiger partial charge in [0.05, 0.1) is 35.8 Å². The first-order valence-corrected chi connectivity index (χ1v) is 15.7. The summed E-state index contributed by atoms with van der Waals surface area (Å²) in [5.74, 6) is 0.620. The van der Waals surface area contributed by atoms with Gasteiger partial charge in [0, 0.05) is 55.1 Å². The lowest BCUT2D eigenvalue weighted by atomic mass is 10.1. The number of hydrogen-bond acceptors (Lipinski definition) is 8. The van der Waals surface area contributed by atoms with Gasteiger partial charge in [0.25, 0.3) is 0 Å². The molecule has 3 aromatic rings. The van der Waals surface area contributed by atoms with Crippen molar-refractivity contribution in [1.82, 2.24) is 19.8 Å². The lowest BCUT2D eigenvalue weighted by molar-refractivity contribution is 0.187. The Hall–Kier alpha value is -3.61. The van der Waals surface area contributed by atoms with Crippen LogP contribution in [0.1, 0.15) is 43.9 Å². The van der Waals surface area contributed by atoms with E-state index in [2.05, 4.69) is 52.1 Å². The smallest absolute Gasteiger partial charge is 0.318 e. The van der Waals surface area contributed by atoms with Crippen LogP contribution in [-0.4, -0.2) is 78.2 Å². The number of piperazine rings is 1. The molecular weight excluding hydrogens is 565 g/mol. The fraction of sp³-hybridized carbons (Fsp3) is 0.485. The number of aromatic nitrogens is 2. The first-order chi connectivity index (χ1) is 20.9. The lowest BCUT2D eigenvalue weighted by Crippen LogP contribution is -2.51. The summed E-state index contributed by atoms with van der Waals surface area (Å²) in [6.07, 6.45) is 5.87. The molecule has 0 N–H and O–H groups in total. The van der Waals surface area contributed by atoms with Gasteiger partial charge < -0.3 is 24.3 Å². The maximum absolute atomic E-state index is 13.9. The fourth-order valence-corrected chi connectivity index (χ4v) is 7.05. The standard InChI is InChI=1S/C33H39ClFN7O/c1-23(35)19-40-17-18-42(20-25(40)13-14-36)32-27-10-6-16-41(30-12-4-8-24-7-3-11-28(34)31(24)30)21-29(27)37-33(38-32)43-22-26-9-5-15-39(26)2/h3-4,7-8,11-12,19,25-26H,5-6,9-10,13,15-18,20-22H2,1-2H3/t25-,26-/m0/s1. The highest BCUT2D eigenvalue weighted by Crippen LogP contribution is 2.37. The largest absolute Gasteiger partial charge is 0.462 e. The normalized spacial score (nSPS) is 21.6. The molecule has 3 aliphatic heterocycles. The van der Waals surface area contributed by atoms with Gasteiger partial charge in [-0.15, -0.1) is 0 Å². The topological polar surface area (TPSA) is 71.8 Å². The van der Waals surface area contributed by atoms with Gasteiger partial charge in [-0.25, -0.2) is 4.39 Å². The van der Waals surface area contributed by atoms with Crippen molar-refractivity contribution >= 4 is 33.9 Å². The van der Waals surface area contributed by atoms with Gasteiger partial charge in [-0.1, -0.05) is 35.9 Å². The molecule has 0 amide bonds. The Balaban J connectivity index is 1.36. The van der Waals surface area contributed by atoms with E-state index in [1.165, 1.54) is 19.5 Å². The first-order valence-electron chi connectivity index (χ1n) is 15.3. The Morgan fingerprint density at radius 2 is 1.93 bits per heavy atom. The maximum Gasteiger partial charge on any atom is 0.318 e. The monoisotopic (exact) mass is 603 g/mol. The summed E-state index contributed by atoms with van der Waals surface area (Å²) in [6.45, 7) is 6.38. The Morgan fingerprint density at radius 3 is 2.70 bits per heavy atom. The molecular formula is C33H39ClFN7O. The zero-order valence-corrected chi connectivity index (χ0v) is 25.7. The highest BCUT2D eigenvalue weighted by atomic mass is 35.5. The van der Waals surface area contributed by atoms with Crippen LogP contribution in [0.4, 0.5) is 15.9 Å². The minimum absolute atomic E-state index is 0.133. The van der Waals surface area contributed by atoms with Gasteiger partial charge in [-0.05, 0) is 63.7 Å². The van der Waals surface area contributed by atoms with Crippen LogP contribution in [0.15, 0.2) is 48.4 Å². The number of nitrogens with zero attached hydrogens (tertiary/aromatic N) is 7. The molecule has 0 unspecified atom stereocenters. The van der Waals surface area contributed by atoms with E-state index in [0.717, 1.165) is 70.9 Å². The van der Waals surface area contributed by atoms with Crippen LogP contribution in [0.25, 0.3) is 10.8 Å². The minimum atomic E-state index is -0.256. The molecule has 6 rings (SSSR count). The molecule has 0 spiro atoms. The third kappa shape index (κ3) is 6.36. The second-order valence-electron chi connectivity index (χ2n) is 11.9. The summed E-state index contributed by atoms with van der Waals surface area (Å²) in [5.41, 5.74) is 3.18. The number of anilines is 2. The summed E-state index contributed by atoms with van der Waals surface area (Å²) < 4.78 is 20.2. The fourth-order valence-electron chi connectivity index (χ4n) is 6.77. The quantitative estimate of drug-likeness (QED) is 0.328. The molecule has 0 radical (unpaired) electrons. The van der Waals surface area contributed by atoms with Gasteiger partial charge in [-0.2, -0.15) is 15.2 Å². The van der Waals surface area contributed by atoms with E-state index in [9.17, 15) is 9.65 Å². The lowest BCUT2D eigenvalue weighted by Gasteiger charge is -2.41. The highest BCUT2D eigenvalue weighted by molar-refractivity contribution is 6.36. The van der Waals surface area contributed by atoms with E-state index in [1.54, 1.807) is 0 Å². The molecule has 2 aromatic carbocycles. The second-order valence-corrected chi connectivity index (χ2v) is 12.3.